The molecule has 2 rings (SSSR count). The highest BCUT2D eigenvalue weighted by Gasteiger charge is 2.22. The second-order valence-electron chi connectivity index (χ2n) is 2.53. The Morgan fingerprint density at radius 2 is 2.50 bits per heavy atom. The van der Waals surface area contributed by atoms with E-state index in [1.807, 2.05) is 0 Å². The second kappa shape index (κ2) is 1.90. The van der Waals surface area contributed by atoms with Gasteiger partial charge in [-0.3, -0.25) is 0 Å². The SMILES string of the molecule is Nc1cc(NC2CC2)on1. The minimum Gasteiger partial charge on any atom is -0.381 e. The highest BCUT2D eigenvalue weighted by Crippen LogP contribution is 2.24. The van der Waals surface area contributed by atoms with Crippen LogP contribution in [0.15, 0.2) is 10.6 Å². The number of hydrogen-bond acceptors (Lipinski definition) is 4. The monoisotopic (exact) mass is 139 g/mol. The van der Waals surface area contributed by atoms with Crippen molar-refractivity contribution in [2.24, 2.45) is 0 Å². The zero-order chi connectivity index (χ0) is 6.97. The normalized spacial score (nSPS) is 17.2. The van der Waals surface area contributed by atoms with Crippen LogP contribution in [0.2, 0.25) is 0 Å². The molecule has 1 aliphatic carbocycles. The summed E-state index contributed by atoms with van der Waals surface area (Å²) in [4.78, 5) is 0. The Labute approximate surface area is 58.4 Å². The number of nitrogens with zero attached hydrogens (tertiary/aromatic N) is 1. The third-order valence-electron chi connectivity index (χ3n) is 1.45. The molecule has 3 N–H and O–H groups in total. The Morgan fingerprint density at radius 3 is 3.00 bits per heavy atom. The van der Waals surface area contributed by atoms with E-state index < -0.39 is 0 Å². The van der Waals surface area contributed by atoms with E-state index in [9.17, 15) is 0 Å². The summed E-state index contributed by atoms with van der Waals surface area (Å²) in [5, 5.41) is 6.67. The van der Waals surface area contributed by atoms with Crippen LogP contribution in [-0.2, 0) is 0 Å². The predicted octanol–water partition coefficient (Wildman–Crippen LogP) is 0.831. The zero-order valence-electron chi connectivity index (χ0n) is 5.50. The fourth-order valence-electron chi connectivity index (χ4n) is 0.786. The lowest BCUT2D eigenvalue weighted by Gasteiger charge is -1.93. The number of nitrogens with two attached hydrogens (primary N) is 1. The number of anilines is 2. The molecule has 4 nitrogen and oxygen atoms in total. The lowest BCUT2D eigenvalue weighted by atomic mass is 10.6. The van der Waals surface area contributed by atoms with Gasteiger partial charge in [0, 0.05) is 12.1 Å². The zero-order valence-corrected chi connectivity index (χ0v) is 5.50. The standard InChI is InChI=1S/C6H9N3O/c7-5-3-6(10-9-5)8-4-1-2-4/h3-4,8H,1-2H2,(H2,7,9). The molecule has 0 saturated heterocycles. The molecular weight excluding hydrogens is 130 g/mol. The minimum atomic E-state index is 0.433. The Hall–Kier alpha value is -1.19. The third kappa shape index (κ3) is 1.05. The van der Waals surface area contributed by atoms with E-state index >= 15 is 0 Å². The Bertz CT molecular complexity index is 229. The molecule has 1 aromatic heterocycles. The third-order valence-corrected chi connectivity index (χ3v) is 1.45. The molecule has 4 heteroatoms. The summed E-state index contributed by atoms with van der Waals surface area (Å²) in [7, 11) is 0. The summed E-state index contributed by atoms with van der Waals surface area (Å²) in [5.41, 5.74) is 5.33. The van der Waals surface area contributed by atoms with Gasteiger partial charge in [-0.1, -0.05) is 5.16 Å². The van der Waals surface area contributed by atoms with Gasteiger partial charge in [0.25, 0.3) is 0 Å². The number of nitrogen functional groups attached to an aromatic ring is 1. The maximum Gasteiger partial charge on any atom is 0.227 e. The van der Waals surface area contributed by atoms with Crippen molar-refractivity contribution in [1.82, 2.24) is 5.16 Å². The maximum atomic E-state index is 5.33. The van der Waals surface area contributed by atoms with Gasteiger partial charge in [0.1, 0.15) is 0 Å². The number of hydrogen-bond donors (Lipinski definition) is 2. The summed E-state index contributed by atoms with van der Waals surface area (Å²) in [5.74, 6) is 1.11. The summed E-state index contributed by atoms with van der Waals surface area (Å²) >= 11 is 0. The maximum absolute atomic E-state index is 5.33. The fraction of sp³-hybridized carbons (Fsp3) is 0.500. The molecule has 1 fully saturated rings. The quantitative estimate of drug-likeness (QED) is 0.637. The van der Waals surface area contributed by atoms with Crippen LogP contribution < -0.4 is 11.1 Å². The molecule has 0 bridgehead atoms. The molecule has 1 heterocycles. The van der Waals surface area contributed by atoms with Gasteiger partial charge in [-0.25, -0.2) is 0 Å². The largest absolute Gasteiger partial charge is 0.381 e. The molecule has 1 aliphatic rings. The molecule has 0 aliphatic heterocycles. The molecule has 10 heavy (non-hydrogen) atoms. The van der Waals surface area contributed by atoms with Gasteiger partial charge in [0.15, 0.2) is 5.82 Å². The van der Waals surface area contributed by atoms with E-state index in [1.54, 1.807) is 6.07 Å². The van der Waals surface area contributed by atoms with Crippen molar-refractivity contribution >= 4 is 11.7 Å². The van der Waals surface area contributed by atoms with Gasteiger partial charge in [-0.05, 0) is 12.8 Å². The van der Waals surface area contributed by atoms with Gasteiger partial charge >= 0.3 is 0 Å². The molecule has 54 valence electrons. The number of aromatic nitrogens is 1. The number of rotatable bonds is 2. The van der Waals surface area contributed by atoms with E-state index in [1.165, 1.54) is 12.8 Å². The lowest BCUT2D eigenvalue weighted by molar-refractivity contribution is 0.435. The first kappa shape index (κ1) is 5.58. The summed E-state index contributed by atoms with van der Waals surface area (Å²) in [6.07, 6.45) is 2.45. The highest BCUT2D eigenvalue weighted by atomic mass is 16.5. The lowest BCUT2D eigenvalue weighted by Crippen LogP contribution is -1.98. The van der Waals surface area contributed by atoms with E-state index in [4.69, 9.17) is 10.3 Å². The van der Waals surface area contributed by atoms with E-state index in [0.717, 1.165) is 0 Å². The summed E-state index contributed by atoms with van der Waals surface area (Å²) in [6, 6.07) is 2.28. The van der Waals surface area contributed by atoms with E-state index in [0.29, 0.717) is 17.7 Å². The topological polar surface area (TPSA) is 64.1 Å². The van der Waals surface area contributed by atoms with Gasteiger partial charge in [0.05, 0.1) is 0 Å². The van der Waals surface area contributed by atoms with Crippen molar-refractivity contribution < 1.29 is 4.52 Å². The molecule has 0 unspecified atom stereocenters. The average molecular weight is 139 g/mol. The van der Waals surface area contributed by atoms with Crippen molar-refractivity contribution in [3.05, 3.63) is 6.07 Å². The predicted molar refractivity (Wildman–Crippen MR) is 37.6 cm³/mol. The van der Waals surface area contributed by atoms with Crippen LogP contribution in [0.4, 0.5) is 11.7 Å². The van der Waals surface area contributed by atoms with Crippen LogP contribution >= 0.6 is 0 Å². The molecule has 1 saturated carbocycles. The van der Waals surface area contributed by atoms with Crippen LogP contribution in [0, 0.1) is 0 Å². The first-order chi connectivity index (χ1) is 4.84. The van der Waals surface area contributed by atoms with Crippen LogP contribution in [0.1, 0.15) is 12.8 Å². The first-order valence-corrected chi connectivity index (χ1v) is 3.33. The smallest absolute Gasteiger partial charge is 0.227 e. The molecule has 0 radical (unpaired) electrons. The van der Waals surface area contributed by atoms with Gasteiger partial charge in [-0.2, -0.15) is 0 Å². The molecule has 1 aromatic rings. The second-order valence-corrected chi connectivity index (χ2v) is 2.53. The van der Waals surface area contributed by atoms with Crippen LogP contribution in [-0.4, -0.2) is 11.2 Å². The van der Waals surface area contributed by atoms with Crippen molar-refractivity contribution in [3.63, 3.8) is 0 Å². The summed E-state index contributed by atoms with van der Waals surface area (Å²) in [6.45, 7) is 0. The van der Waals surface area contributed by atoms with Crippen molar-refractivity contribution in [1.29, 1.82) is 0 Å². The van der Waals surface area contributed by atoms with Crippen molar-refractivity contribution in [2.75, 3.05) is 11.1 Å². The minimum absolute atomic E-state index is 0.433. The van der Waals surface area contributed by atoms with E-state index in [2.05, 4.69) is 10.5 Å². The Kier molecular flexibility index (Phi) is 1.06. The molecule has 0 atom stereocenters. The highest BCUT2D eigenvalue weighted by molar-refractivity contribution is 5.42. The van der Waals surface area contributed by atoms with Crippen LogP contribution in [0.5, 0.6) is 0 Å². The Morgan fingerprint density at radius 1 is 1.70 bits per heavy atom. The average Bonchev–Trinajstić information content (AvgIpc) is 2.59. The van der Waals surface area contributed by atoms with Gasteiger partial charge < -0.3 is 15.6 Å². The molecule has 0 spiro atoms. The van der Waals surface area contributed by atoms with Crippen LogP contribution in [0.3, 0.4) is 0 Å². The molecular formula is C6H9N3O. The molecule has 0 aromatic carbocycles. The molecule has 0 amide bonds. The number of nitrogens with one attached hydrogen (secondary N) is 1. The van der Waals surface area contributed by atoms with E-state index in [-0.39, 0.29) is 0 Å². The van der Waals surface area contributed by atoms with Crippen molar-refractivity contribution in [3.8, 4) is 0 Å². The van der Waals surface area contributed by atoms with Gasteiger partial charge in [-0.15, -0.1) is 0 Å². The van der Waals surface area contributed by atoms with Crippen molar-refractivity contribution in [2.45, 2.75) is 18.9 Å². The first-order valence-electron chi connectivity index (χ1n) is 3.33. The Balaban J connectivity index is 2.03. The van der Waals surface area contributed by atoms with Gasteiger partial charge in [0.2, 0.25) is 5.88 Å². The fourth-order valence-corrected chi connectivity index (χ4v) is 0.786. The summed E-state index contributed by atoms with van der Waals surface area (Å²) < 4.78 is 4.83. The van der Waals surface area contributed by atoms with Crippen LogP contribution in [0.25, 0.3) is 0 Å².